The number of hydrogen-bond donors (Lipinski definition) is 2. The van der Waals surface area contributed by atoms with Crippen LogP contribution in [0.2, 0.25) is 0 Å². The Morgan fingerprint density at radius 2 is 2.05 bits per heavy atom. The summed E-state index contributed by atoms with van der Waals surface area (Å²) in [5.41, 5.74) is 0.436. The number of ether oxygens (including phenoxy) is 2. The van der Waals surface area contributed by atoms with E-state index in [1.54, 1.807) is 18.2 Å². The van der Waals surface area contributed by atoms with Crippen molar-refractivity contribution in [2.75, 3.05) is 13.3 Å². The summed E-state index contributed by atoms with van der Waals surface area (Å²) in [5.74, 6) is 0.647. The van der Waals surface area contributed by atoms with Gasteiger partial charge in [0.1, 0.15) is 0 Å². The van der Waals surface area contributed by atoms with E-state index >= 15 is 0 Å². The molecular weight excluding hydrogens is 260 g/mol. The van der Waals surface area contributed by atoms with Crippen molar-refractivity contribution in [2.24, 2.45) is 0 Å². The molecule has 0 saturated carbocycles. The average molecular weight is 278 g/mol. The zero-order valence-corrected chi connectivity index (χ0v) is 11.6. The maximum absolute atomic E-state index is 11.9. The Morgan fingerprint density at radius 1 is 1.30 bits per heavy atom. The highest BCUT2D eigenvalue weighted by Crippen LogP contribution is 2.32. The number of carbonyl (C=O) groups excluding carboxylic acids is 2. The van der Waals surface area contributed by atoms with Crippen molar-refractivity contribution < 1.29 is 19.1 Å². The second kappa shape index (κ2) is 6.27. The van der Waals surface area contributed by atoms with Gasteiger partial charge in [-0.25, -0.2) is 0 Å². The first-order chi connectivity index (χ1) is 9.60. The second-order valence-electron chi connectivity index (χ2n) is 4.63. The lowest BCUT2D eigenvalue weighted by Gasteiger charge is -2.11. The molecule has 0 fully saturated rings. The number of nitrogens with one attached hydrogen (secondary N) is 2. The van der Waals surface area contributed by atoms with E-state index in [1.165, 1.54) is 0 Å². The normalized spacial score (nSPS) is 13.7. The molecule has 0 aliphatic carbocycles. The molecule has 20 heavy (non-hydrogen) atoms. The molecule has 0 aromatic heterocycles. The fourth-order valence-electron chi connectivity index (χ4n) is 1.73. The van der Waals surface area contributed by atoms with Crippen LogP contribution in [0.4, 0.5) is 0 Å². The summed E-state index contributed by atoms with van der Waals surface area (Å²) < 4.78 is 10.4. The summed E-state index contributed by atoms with van der Waals surface area (Å²) in [5, 5.41) is 5.35. The van der Waals surface area contributed by atoms with Gasteiger partial charge in [0, 0.05) is 11.6 Å². The SMILES string of the molecule is CCC(C)NC(=O)CNC(=O)c1ccc2c(c1)OCO2. The Kier molecular flexibility index (Phi) is 4.45. The van der Waals surface area contributed by atoms with E-state index in [9.17, 15) is 9.59 Å². The fourth-order valence-corrected chi connectivity index (χ4v) is 1.73. The molecule has 0 saturated heterocycles. The minimum Gasteiger partial charge on any atom is -0.454 e. The zero-order valence-electron chi connectivity index (χ0n) is 11.6. The quantitative estimate of drug-likeness (QED) is 0.844. The van der Waals surface area contributed by atoms with Gasteiger partial charge in [0.2, 0.25) is 12.7 Å². The molecule has 6 heteroatoms. The van der Waals surface area contributed by atoms with Crippen molar-refractivity contribution in [2.45, 2.75) is 26.3 Å². The number of carbonyl (C=O) groups is 2. The van der Waals surface area contributed by atoms with Crippen molar-refractivity contribution in [3.63, 3.8) is 0 Å². The van der Waals surface area contributed by atoms with E-state index in [-0.39, 0.29) is 31.2 Å². The molecule has 2 amide bonds. The highest BCUT2D eigenvalue weighted by atomic mass is 16.7. The standard InChI is InChI=1S/C14H18N2O4/c1-3-9(2)16-13(17)7-15-14(18)10-4-5-11-12(6-10)20-8-19-11/h4-6,9H,3,7-8H2,1-2H3,(H,15,18)(H,16,17). The minimum absolute atomic E-state index is 0.0440. The average Bonchev–Trinajstić information content (AvgIpc) is 2.91. The molecule has 0 bridgehead atoms. The van der Waals surface area contributed by atoms with Crippen LogP contribution in [-0.4, -0.2) is 31.2 Å². The van der Waals surface area contributed by atoms with E-state index in [2.05, 4.69) is 10.6 Å². The third kappa shape index (κ3) is 3.40. The van der Waals surface area contributed by atoms with E-state index in [4.69, 9.17) is 9.47 Å². The van der Waals surface area contributed by atoms with E-state index in [1.807, 2.05) is 13.8 Å². The Labute approximate surface area is 117 Å². The first-order valence-corrected chi connectivity index (χ1v) is 6.57. The van der Waals surface area contributed by atoms with Crippen molar-refractivity contribution in [3.05, 3.63) is 23.8 Å². The summed E-state index contributed by atoms with van der Waals surface area (Å²) in [6.45, 7) is 4.02. The van der Waals surface area contributed by atoms with Crippen LogP contribution in [0.5, 0.6) is 11.5 Å². The summed E-state index contributed by atoms with van der Waals surface area (Å²) in [6, 6.07) is 5.01. The first-order valence-electron chi connectivity index (χ1n) is 6.57. The summed E-state index contributed by atoms with van der Waals surface area (Å²) in [6.07, 6.45) is 0.849. The van der Waals surface area contributed by atoms with E-state index in [0.29, 0.717) is 17.1 Å². The number of rotatable bonds is 5. The van der Waals surface area contributed by atoms with Crippen molar-refractivity contribution >= 4 is 11.8 Å². The lowest BCUT2D eigenvalue weighted by Crippen LogP contribution is -2.40. The van der Waals surface area contributed by atoms with Crippen molar-refractivity contribution in [1.82, 2.24) is 10.6 Å². The van der Waals surface area contributed by atoms with Gasteiger partial charge in [0.15, 0.2) is 11.5 Å². The lowest BCUT2D eigenvalue weighted by molar-refractivity contribution is -0.120. The molecule has 1 atom stereocenters. The molecular formula is C14H18N2O4. The maximum Gasteiger partial charge on any atom is 0.251 e. The molecule has 1 aromatic carbocycles. The van der Waals surface area contributed by atoms with Gasteiger partial charge < -0.3 is 20.1 Å². The van der Waals surface area contributed by atoms with Crippen LogP contribution in [0.3, 0.4) is 0 Å². The number of hydrogen-bond acceptors (Lipinski definition) is 4. The number of benzene rings is 1. The van der Waals surface area contributed by atoms with Crippen LogP contribution >= 0.6 is 0 Å². The predicted octanol–water partition coefficient (Wildman–Crippen LogP) is 1.06. The highest BCUT2D eigenvalue weighted by Gasteiger charge is 2.16. The van der Waals surface area contributed by atoms with Crippen LogP contribution in [0.25, 0.3) is 0 Å². The van der Waals surface area contributed by atoms with Crippen LogP contribution in [0, 0.1) is 0 Å². The predicted molar refractivity (Wildman–Crippen MR) is 72.8 cm³/mol. The second-order valence-corrected chi connectivity index (χ2v) is 4.63. The molecule has 1 aliphatic heterocycles. The van der Waals surface area contributed by atoms with Crippen LogP contribution in [-0.2, 0) is 4.79 Å². The van der Waals surface area contributed by atoms with Gasteiger partial charge in [-0.05, 0) is 31.5 Å². The molecule has 2 N–H and O–H groups in total. The molecule has 6 nitrogen and oxygen atoms in total. The zero-order chi connectivity index (χ0) is 14.5. The van der Waals surface area contributed by atoms with Crippen LogP contribution < -0.4 is 20.1 Å². The fraction of sp³-hybridized carbons (Fsp3) is 0.429. The Bertz CT molecular complexity index is 516. The number of amides is 2. The van der Waals surface area contributed by atoms with Gasteiger partial charge in [0.25, 0.3) is 5.91 Å². The smallest absolute Gasteiger partial charge is 0.251 e. The third-order valence-corrected chi connectivity index (χ3v) is 3.06. The van der Waals surface area contributed by atoms with Gasteiger partial charge >= 0.3 is 0 Å². The molecule has 1 aromatic rings. The monoisotopic (exact) mass is 278 g/mol. The lowest BCUT2D eigenvalue weighted by atomic mass is 10.2. The minimum atomic E-state index is -0.317. The maximum atomic E-state index is 11.9. The first kappa shape index (κ1) is 14.2. The van der Waals surface area contributed by atoms with Gasteiger partial charge in [-0.15, -0.1) is 0 Å². The highest BCUT2D eigenvalue weighted by molar-refractivity contribution is 5.97. The topological polar surface area (TPSA) is 76.7 Å². The Balaban J connectivity index is 1.87. The molecule has 108 valence electrons. The van der Waals surface area contributed by atoms with Gasteiger partial charge in [-0.2, -0.15) is 0 Å². The van der Waals surface area contributed by atoms with Gasteiger partial charge in [-0.3, -0.25) is 9.59 Å². The molecule has 0 spiro atoms. The summed E-state index contributed by atoms with van der Waals surface area (Å²) >= 11 is 0. The summed E-state index contributed by atoms with van der Waals surface area (Å²) in [7, 11) is 0. The van der Waals surface area contributed by atoms with Gasteiger partial charge in [-0.1, -0.05) is 6.92 Å². The van der Waals surface area contributed by atoms with Crippen molar-refractivity contribution in [1.29, 1.82) is 0 Å². The van der Waals surface area contributed by atoms with Crippen LogP contribution in [0.1, 0.15) is 30.6 Å². The largest absolute Gasteiger partial charge is 0.454 e. The number of fused-ring (bicyclic) bond motifs is 1. The Hall–Kier alpha value is -2.24. The van der Waals surface area contributed by atoms with E-state index < -0.39 is 0 Å². The Morgan fingerprint density at radius 3 is 2.80 bits per heavy atom. The van der Waals surface area contributed by atoms with E-state index in [0.717, 1.165) is 6.42 Å². The summed E-state index contributed by atoms with van der Waals surface area (Å²) in [4.78, 5) is 23.5. The van der Waals surface area contributed by atoms with Gasteiger partial charge in [0.05, 0.1) is 6.54 Å². The molecule has 0 radical (unpaired) electrons. The van der Waals surface area contributed by atoms with Crippen molar-refractivity contribution in [3.8, 4) is 11.5 Å². The third-order valence-electron chi connectivity index (χ3n) is 3.06. The molecule has 1 heterocycles. The molecule has 1 unspecified atom stereocenters. The molecule has 1 aliphatic rings. The molecule has 2 rings (SSSR count). The van der Waals surface area contributed by atoms with Crippen LogP contribution in [0.15, 0.2) is 18.2 Å².